The monoisotopic (exact) mass is 788 g/mol. The fraction of sp³-hybridized carbons (Fsp3) is 0.351. The van der Waals surface area contributed by atoms with E-state index in [-0.39, 0.29) is 50.4 Å². The third-order valence-corrected chi connectivity index (χ3v) is 9.11. The van der Waals surface area contributed by atoms with Crippen LogP contribution in [0, 0.1) is 0 Å². The van der Waals surface area contributed by atoms with Gasteiger partial charge in [0.15, 0.2) is 5.96 Å². The van der Waals surface area contributed by atoms with E-state index in [1.807, 2.05) is 24.3 Å². The summed E-state index contributed by atoms with van der Waals surface area (Å²) < 4.78 is 0. The topological polar surface area (TPSA) is 297 Å². The van der Waals surface area contributed by atoms with Crippen LogP contribution in [0.3, 0.4) is 0 Å². The Bertz CT molecular complexity index is 1980. The molecule has 0 fully saturated rings. The highest BCUT2D eigenvalue weighted by atomic mass is 32.1. The largest absolute Gasteiger partial charge is 0.370 e. The van der Waals surface area contributed by atoms with Gasteiger partial charge in [-0.25, -0.2) is 4.98 Å². The third kappa shape index (κ3) is 12.9. The molecule has 2 aromatic heterocycles. The van der Waals surface area contributed by atoms with Crippen molar-refractivity contribution in [3.8, 4) is 0 Å². The normalized spacial score (nSPS) is 13.6. The number of thiol groups is 1. The fourth-order valence-electron chi connectivity index (χ4n) is 5.93. The van der Waals surface area contributed by atoms with Crippen molar-refractivity contribution in [2.45, 2.75) is 69.2 Å². The molecule has 0 radical (unpaired) electrons. The molecule has 0 spiro atoms. The van der Waals surface area contributed by atoms with Gasteiger partial charge in [-0.3, -0.25) is 33.8 Å². The number of benzene rings is 2. The number of rotatable bonds is 21. The Balaban J connectivity index is 1.52. The summed E-state index contributed by atoms with van der Waals surface area (Å²) in [7, 11) is 0. The molecule has 4 rings (SSSR count). The van der Waals surface area contributed by atoms with Crippen LogP contribution in [0.2, 0.25) is 0 Å². The first kappa shape index (κ1) is 42.4. The number of aromatic amines is 2. The Morgan fingerprint density at radius 1 is 0.732 bits per heavy atom. The highest BCUT2D eigenvalue weighted by Gasteiger charge is 2.32. The van der Waals surface area contributed by atoms with Gasteiger partial charge in [-0.1, -0.05) is 48.5 Å². The van der Waals surface area contributed by atoms with Crippen molar-refractivity contribution < 1.29 is 28.8 Å². The second kappa shape index (κ2) is 20.9. The lowest BCUT2D eigenvalue weighted by atomic mass is 10.0. The molecule has 2 heterocycles. The number of amides is 6. The molecule has 6 amide bonds. The van der Waals surface area contributed by atoms with Crippen molar-refractivity contribution in [2.75, 3.05) is 12.3 Å². The number of nitrogens with one attached hydrogen (secondary N) is 7. The highest BCUT2D eigenvalue weighted by Crippen LogP contribution is 2.19. The van der Waals surface area contributed by atoms with Crippen LogP contribution in [-0.4, -0.2) is 98.9 Å². The lowest BCUT2D eigenvalue weighted by Crippen LogP contribution is -2.60. The van der Waals surface area contributed by atoms with E-state index in [0.717, 1.165) is 16.5 Å². The Kier molecular flexibility index (Phi) is 15.8. The molecule has 0 aliphatic rings. The summed E-state index contributed by atoms with van der Waals surface area (Å²) in [6.07, 6.45) is 5.13. The number of carbonyl (C=O) groups is 6. The standard InChI is InChI=1S/C37H48N12O6S/c1-21(50)45-30(16-24-18-41-20-44-24)35(54)48-29(14-22-8-3-2-4-9-22)34(53)46-27(12-7-13-42-37(39)40)33(52)49-31(19-56)36(55)47-28(32(38)51)15-23-17-43-26-11-6-5-10-25(23)26/h2-6,8-11,17-18,20,27-31,43,56H,7,12-16,19H2,1H3,(H2,38,51)(H,41,44)(H,45,50)(H,46,53)(H,47,55)(H,48,54)(H,49,52)(H4,39,40,42)/t27-,28+,29-,30+,31+/m1/s1. The van der Waals surface area contributed by atoms with Gasteiger partial charge in [0.1, 0.15) is 30.2 Å². The van der Waals surface area contributed by atoms with E-state index in [1.165, 1.54) is 19.4 Å². The zero-order chi connectivity index (χ0) is 40.6. The Morgan fingerprint density at radius 3 is 1.98 bits per heavy atom. The van der Waals surface area contributed by atoms with Gasteiger partial charge in [-0.15, -0.1) is 0 Å². The zero-order valence-corrected chi connectivity index (χ0v) is 31.7. The number of para-hydroxylation sites is 1. The minimum Gasteiger partial charge on any atom is -0.370 e. The molecule has 4 aromatic rings. The third-order valence-electron chi connectivity index (χ3n) is 8.74. The maximum Gasteiger partial charge on any atom is 0.244 e. The summed E-state index contributed by atoms with van der Waals surface area (Å²) >= 11 is 4.27. The maximum absolute atomic E-state index is 14.0. The van der Waals surface area contributed by atoms with E-state index in [4.69, 9.17) is 17.2 Å². The lowest BCUT2D eigenvalue weighted by Gasteiger charge is -2.26. The number of hydrogen-bond acceptors (Lipinski definition) is 9. The molecule has 0 saturated heterocycles. The van der Waals surface area contributed by atoms with Crippen molar-refractivity contribution in [2.24, 2.45) is 22.2 Å². The van der Waals surface area contributed by atoms with Gasteiger partial charge in [-0.2, -0.15) is 12.6 Å². The average molecular weight is 789 g/mol. The summed E-state index contributed by atoms with van der Waals surface area (Å²) in [5.41, 5.74) is 19.5. The van der Waals surface area contributed by atoms with E-state index in [2.05, 4.69) is 59.2 Å². The van der Waals surface area contributed by atoms with Gasteiger partial charge in [0.25, 0.3) is 0 Å². The van der Waals surface area contributed by atoms with Crippen molar-refractivity contribution in [3.05, 3.63) is 90.1 Å². The number of guanidine groups is 1. The minimum atomic E-state index is -1.24. The minimum absolute atomic E-state index is 0.0279. The smallest absolute Gasteiger partial charge is 0.244 e. The van der Waals surface area contributed by atoms with Crippen LogP contribution in [0.15, 0.2) is 78.3 Å². The predicted octanol–water partition coefficient (Wildman–Crippen LogP) is -1.17. The summed E-state index contributed by atoms with van der Waals surface area (Å²) in [6, 6.07) is 10.5. The van der Waals surface area contributed by atoms with Crippen LogP contribution < -0.4 is 43.8 Å². The second-order valence-electron chi connectivity index (χ2n) is 13.1. The number of aromatic nitrogens is 3. The number of imidazole rings is 1. The molecule has 19 heteroatoms. The molecule has 0 unspecified atom stereocenters. The molecule has 18 nitrogen and oxygen atoms in total. The van der Waals surface area contributed by atoms with E-state index >= 15 is 0 Å². The molecule has 298 valence electrons. The van der Waals surface area contributed by atoms with Gasteiger partial charge in [-0.05, 0) is 30.0 Å². The quantitative estimate of drug-likeness (QED) is 0.0210. The first-order valence-electron chi connectivity index (χ1n) is 17.8. The second-order valence-corrected chi connectivity index (χ2v) is 13.4. The SMILES string of the molecule is CC(=O)N[C@@H](Cc1cnc[nH]1)C(=O)N[C@H](Cc1ccccc1)C(=O)N[C@H](CCCN=C(N)N)C(=O)N[C@@H](CS)C(=O)N[C@@H](Cc1c[nH]c2ccccc12)C(N)=O. The Morgan fingerprint density at radius 2 is 1.34 bits per heavy atom. The molecule has 13 N–H and O–H groups in total. The molecular formula is C37H48N12O6S. The van der Waals surface area contributed by atoms with Crippen LogP contribution in [-0.2, 0) is 48.0 Å². The number of carbonyl (C=O) groups excluding carboxylic acids is 6. The molecule has 56 heavy (non-hydrogen) atoms. The fourth-order valence-corrected chi connectivity index (χ4v) is 6.19. The molecule has 0 aliphatic heterocycles. The van der Waals surface area contributed by atoms with Crippen LogP contribution in [0.5, 0.6) is 0 Å². The molecular weight excluding hydrogens is 741 g/mol. The first-order valence-corrected chi connectivity index (χ1v) is 18.5. The molecule has 0 aliphatic carbocycles. The molecule has 2 aromatic carbocycles. The van der Waals surface area contributed by atoms with Crippen LogP contribution in [0.25, 0.3) is 10.9 Å². The van der Waals surface area contributed by atoms with Gasteiger partial charge in [0.2, 0.25) is 35.4 Å². The van der Waals surface area contributed by atoms with Gasteiger partial charge < -0.3 is 53.8 Å². The molecule has 0 saturated carbocycles. The summed E-state index contributed by atoms with van der Waals surface area (Å²) in [4.78, 5) is 93.4. The van der Waals surface area contributed by atoms with Crippen molar-refractivity contribution in [3.63, 3.8) is 0 Å². The van der Waals surface area contributed by atoms with Crippen molar-refractivity contribution in [1.82, 2.24) is 41.5 Å². The van der Waals surface area contributed by atoms with E-state index < -0.39 is 65.7 Å². The Labute approximate surface area is 328 Å². The van der Waals surface area contributed by atoms with Gasteiger partial charge in [0, 0.05) is 67.5 Å². The van der Waals surface area contributed by atoms with Crippen molar-refractivity contribution >= 4 is 64.9 Å². The Hall–Kier alpha value is -6.37. The van der Waals surface area contributed by atoms with Gasteiger partial charge >= 0.3 is 0 Å². The zero-order valence-electron chi connectivity index (χ0n) is 30.8. The summed E-state index contributed by atoms with van der Waals surface area (Å²) in [5.74, 6) is -4.41. The summed E-state index contributed by atoms with van der Waals surface area (Å²) in [6.45, 7) is 1.39. The lowest BCUT2D eigenvalue weighted by molar-refractivity contribution is -0.134. The first-order chi connectivity index (χ1) is 26.8. The maximum atomic E-state index is 14.0. The van der Waals surface area contributed by atoms with E-state index in [0.29, 0.717) is 11.3 Å². The number of aliphatic imine (C=N–C) groups is 1. The number of primary amides is 1. The number of fused-ring (bicyclic) bond motifs is 1. The average Bonchev–Trinajstić information content (AvgIpc) is 3.84. The number of nitrogens with two attached hydrogens (primary N) is 3. The number of H-pyrrole nitrogens is 2. The molecule has 5 atom stereocenters. The van der Waals surface area contributed by atoms with E-state index in [1.54, 1.807) is 36.5 Å². The predicted molar refractivity (Wildman–Crippen MR) is 213 cm³/mol. The molecule has 0 bridgehead atoms. The van der Waals surface area contributed by atoms with Crippen LogP contribution >= 0.6 is 12.6 Å². The van der Waals surface area contributed by atoms with Gasteiger partial charge in [0.05, 0.1) is 6.33 Å². The van der Waals surface area contributed by atoms with Crippen molar-refractivity contribution in [1.29, 1.82) is 0 Å². The summed E-state index contributed by atoms with van der Waals surface area (Å²) in [5, 5.41) is 14.1. The highest BCUT2D eigenvalue weighted by molar-refractivity contribution is 7.80. The van der Waals surface area contributed by atoms with E-state index in [9.17, 15) is 28.8 Å². The number of nitrogens with zero attached hydrogens (tertiary/aromatic N) is 2. The number of hydrogen-bond donors (Lipinski definition) is 11. The van der Waals surface area contributed by atoms with Crippen LogP contribution in [0.4, 0.5) is 0 Å². The van der Waals surface area contributed by atoms with Crippen LogP contribution in [0.1, 0.15) is 36.6 Å².